The number of rotatable bonds is 6. The number of benzene rings is 10. The van der Waals surface area contributed by atoms with Gasteiger partial charge in [-0.3, -0.25) is 0 Å². The molecule has 1 nitrogen and oxygen atoms in total. The second kappa shape index (κ2) is 13.4. The predicted molar refractivity (Wildman–Crippen MR) is 243 cm³/mol. The van der Waals surface area contributed by atoms with Gasteiger partial charge >= 0.3 is 0 Å². The zero-order chi connectivity index (χ0) is 37.0. The van der Waals surface area contributed by atoms with Crippen molar-refractivity contribution < 1.29 is 0 Å². The molecule has 0 bridgehead atoms. The van der Waals surface area contributed by atoms with E-state index >= 15 is 0 Å². The summed E-state index contributed by atoms with van der Waals surface area (Å²) < 4.78 is 2.59. The lowest BCUT2D eigenvalue weighted by molar-refractivity contribution is 1.31. The lowest BCUT2D eigenvalue weighted by Gasteiger charge is -2.27. The Hall–Kier alpha value is -7.00. The highest BCUT2D eigenvalue weighted by molar-refractivity contribution is 7.26. The molecule has 1 heterocycles. The van der Waals surface area contributed by atoms with Crippen LogP contribution in [-0.2, 0) is 0 Å². The van der Waals surface area contributed by atoms with Gasteiger partial charge < -0.3 is 4.90 Å². The molecule has 11 aromatic rings. The first-order valence-corrected chi connectivity index (χ1v) is 20.0. The molecule has 0 atom stereocenters. The van der Waals surface area contributed by atoms with E-state index in [9.17, 15) is 0 Å². The second-order valence-corrected chi connectivity index (χ2v) is 15.6. The average molecular weight is 730 g/mol. The highest BCUT2D eigenvalue weighted by Crippen LogP contribution is 2.47. The lowest BCUT2D eigenvalue weighted by Crippen LogP contribution is -2.10. The Morgan fingerprint density at radius 2 is 0.821 bits per heavy atom. The van der Waals surface area contributed by atoms with Crippen LogP contribution >= 0.6 is 11.3 Å². The standard InChI is InChI=1S/C54H35NS/c1-3-11-36(12-4-1)40-16-9-17-47(34-40)55(50-19-10-20-51-54(50)53-49-18-8-7-15-39(49)28-30-52(53)56-51)48-29-27-38-21-22-45(33-46(38)35-48)44-26-25-42-31-41(23-24-43(42)32-44)37-13-5-2-6-14-37/h1-35H. The van der Waals surface area contributed by atoms with Gasteiger partial charge in [-0.05, 0) is 126 Å². The van der Waals surface area contributed by atoms with Gasteiger partial charge in [-0.15, -0.1) is 11.3 Å². The van der Waals surface area contributed by atoms with E-state index in [1.54, 1.807) is 0 Å². The highest BCUT2D eigenvalue weighted by atomic mass is 32.1. The van der Waals surface area contributed by atoms with Crippen LogP contribution in [-0.4, -0.2) is 0 Å². The minimum atomic E-state index is 1.12. The molecule has 0 aliphatic carbocycles. The summed E-state index contributed by atoms with van der Waals surface area (Å²) in [7, 11) is 0. The van der Waals surface area contributed by atoms with Gasteiger partial charge in [0.15, 0.2) is 0 Å². The zero-order valence-electron chi connectivity index (χ0n) is 30.6. The van der Waals surface area contributed by atoms with Gasteiger partial charge in [0.2, 0.25) is 0 Å². The van der Waals surface area contributed by atoms with Gasteiger partial charge in [-0.25, -0.2) is 0 Å². The number of hydrogen-bond donors (Lipinski definition) is 0. The summed E-state index contributed by atoms with van der Waals surface area (Å²) in [6, 6.07) is 77.8. The molecule has 0 aliphatic rings. The maximum atomic E-state index is 2.47. The maximum Gasteiger partial charge on any atom is 0.0555 e. The van der Waals surface area contributed by atoms with Crippen LogP contribution < -0.4 is 4.90 Å². The van der Waals surface area contributed by atoms with Gasteiger partial charge in [0.1, 0.15) is 0 Å². The van der Waals surface area contributed by atoms with Crippen LogP contribution in [0.5, 0.6) is 0 Å². The fourth-order valence-electron chi connectivity index (χ4n) is 8.43. The molecule has 11 rings (SSSR count). The normalized spacial score (nSPS) is 11.6. The third kappa shape index (κ3) is 5.62. The maximum absolute atomic E-state index is 2.47. The zero-order valence-corrected chi connectivity index (χ0v) is 31.4. The van der Waals surface area contributed by atoms with Gasteiger partial charge in [-0.1, -0.05) is 152 Å². The van der Waals surface area contributed by atoms with Crippen molar-refractivity contribution in [2.45, 2.75) is 0 Å². The van der Waals surface area contributed by atoms with Crippen LogP contribution in [0.1, 0.15) is 0 Å². The Morgan fingerprint density at radius 1 is 0.286 bits per heavy atom. The van der Waals surface area contributed by atoms with Crippen molar-refractivity contribution in [1.82, 2.24) is 0 Å². The summed E-state index contributed by atoms with van der Waals surface area (Å²) in [5.74, 6) is 0. The summed E-state index contributed by atoms with van der Waals surface area (Å²) in [5, 5.41) is 10.1. The van der Waals surface area contributed by atoms with Gasteiger partial charge in [0.25, 0.3) is 0 Å². The molecule has 0 amide bonds. The fourth-order valence-corrected chi connectivity index (χ4v) is 9.57. The molecule has 0 saturated heterocycles. The van der Waals surface area contributed by atoms with Crippen LogP contribution in [0, 0.1) is 0 Å². The Kier molecular flexibility index (Phi) is 7.75. The van der Waals surface area contributed by atoms with Crippen molar-refractivity contribution in [2.24, 2.45) is 0 Å². The van der Waals surface area contributed by atoms with E-state index in [4.69, 9.17) is 0 Å². The summed E-state index contributed by atoms with van der Waals surface area (Å²) >= 11 is 1.87. The minimum absolute atomic E-state index is 1.12. The molecule has 1 aromatic heterocycles. The van der Waals surface area contributed by atoms with E-state index in [1.165, 1.54) is 91.6 Å². The largest absolute Gasteiger partial charge is 0.310 e. The molecular weight excluding hydrogens is 695 g/mol. The van der Waals surface area contributed by atoms with Crippen molar-refractivity contribution in [1.29, 1.82) is 0 Å². The molecule has 0 spiro atoms. The molecule has 2 heteroatoms. The summed E-state index contributed by atoms with van der Waals surface area (Å²) in [6.45, 7) is 0. The molecule has 0 radical (unpaired) electrons. The molecule has 0 N–H and O–H groups in total. The Balaban J connectivity index is 1.08. The van der Waals surface area contributed by atoms with Crippen molar-refractivity contribution in [2.75, 3.05) is 4.90 Å². The molecule has 0 aliphatic heterocycles. The highest BCUT2D eigenvalue weighted by Gasteiger charge is 2.20. The van der Waals surface area contributed by atoms with Crippen LogP contribution in [0.15, 0.2) is 212 Å². The number of fused-ring (bicyclic) bond motifs is 7. The second-order valence-electron chi connectivity index (χ2n) is 14.6. The number of hydrogen-bond acceptors (Lipinski definition) is 2. The van der Waals surface area contributed by atoms with Crippen molar-refractivity contribution in [3.63, 3.8) is 0 Å². The van der Waals surface area contributed by atoms with Crippen molar-refractivity contribution in [3.8, 4) is 33.4 Å². The van der Waals surface area contributed by atoms with Crippen molar-refractivity contribution >= 4 is 80.9 Å². The van der Waals surface area contributed by atoms with Gasteiger partial charge in [-0.2, -0.15) is 0 Å². The summed E-state index contributed by atoms with van der Waals surface area (Å²) in [4.78, 5) is 2.47. The summed E-state index contributed by atoms with van der Waals surface area (Å²) in [5.41, 5.74) is 10.7. The van der Waals surface area contributed by atoms with Gasteiger partial charge in [0, 0.05) is 31.5 Å². The van der Waals surface area contributed by atoms with E-state index in [0.717, 1.165) is 11.4 Å². The van der Waals surface area contributed by atoms with E-state index in [2.05, 4.69) is 217 Å². The van der Waals surface area contributed by atoms with E-state index < -0.39 is 0 Å². The van der Waals surface area contributed by atoms with E-state index in [-0.39, 0.29) is 0 Å². The SMILES string of the molecule is c1ccc(-c2cccc(N(c3ccc4ccc(-c5ccc6cc(-c7ccccc7)ccc6c5)cc4c3)c3cccc4sc5ccc6ccccc6c5c34)c2)cc1. The van der Waals surface area contributed by atoms with Crippen LogP contribution in [0.2, 0.25) is 0 Å². The minimum Gasteiger partial charge on any atom is -0.310 e. The van der Waals surface area contributed by atoms with E-state index in [0.29, 0.717) is 0 Å². The first-order valence-electron chi connectivity index (χ1n) is 19.2. The third-order valence-corrected chi connectivity index (χ3v) is 12.3. The van der Waals surface area contributed by atoms with Gasteiger partial charge in [0.05, 0.1) is 5.69 Å². The first-order chi connectivity index (χ1) is 27.7. The molecule has 0 saturated carbocycles. The quantitative estimate of drug-likeness (QED) is 0.165. The Labute approximate surface area is 330 Å². The molecule has 10 aromatic carbocycles. The monoisotopic (exact) mass is 729 g/mol. The molecule has 0 fully saturated rings. The Morgan fingerprint density at radius 3 is 1.57 bits per heavy atom. The first kappa shape index (κ1) is 32.4. The fraction of sp³-hybridized carbons (Fsp3) is 0. The molecular formula is C54H35NS. The number of anilines is 3. The number of thiophene rings is 1. The third-order valence-electron chi connectivity index (χ3n) is 11.2. The van der Waals surface area contributed by atoms with Crippen molar-refractivity contribution in [3.05, 3.63) is 212 Å². The average Bonchev–Trinajstić information content (AvgIpc) is 3.67. The smallest absolute Gasteiger partial charge is 0.0555 e. The van der Waals surface area contributed by atoms with Crippen LogP contribution in [0.3, 0.4) is 0 Å². The van der Waals surface area contributed by atoms with E-state index in [1.807, 2.05) is 11.3 Å². The Bertz CT molecular complexity index is 3250. The van der Waals surface area contributed by atoms with Crippen LogP contribution in [0.4, 0.5) is 17.1 Å². The van der Waals surface area contributed by atoms with Crippen LogP contribution in [0.25, 0.3) is 85.9 Å². The topological polar surface area (TPSA) is 3.24 Å². The summed E-state index contributed by atoms with van der Waals surface area (Å²) in [6.07, 6.45) is 0. The lowest BCUT2D eigenvalue weighted by atomic mass is 9.96. The molecule has 262 valence electrons. The predicted octanol–water partition coefficient (Wildman–Crippen LogP) is 16.0. The molecule has 56 heavy (non-hydrogen) atoms. The number of nitrogens with zero attached hydrogens (tertiary/aromatic N) is 1. The molecule has 0 unspecified atom stereocenters.